The van der Waals surface area contributed by atoms with Crippen LogP contribution in [0.2, 0.25) is 5.02 Å². The average Bonchev–Trinajstić information content (AvgIpc) is 2.95. The molecule has 2 aromatic rings. The van der Waals surface area contributed by atoms with E-state index in [0.717, 1.165) is 56.1 Å². The average molecular weight is 390 g/mol. The van der Waals surface area contributed by atoms with Crippen LogP contribution in [0, 0.1) is 13.8 Å². The molecule has 1 aliphatic heterocycles. The van der Waals surface area contributed by atoms with Gasteiger partial charge in [-0.3, -0.25) is 9.48 Å². The van der Waals surface area contributed by atoms with Crippen molar-refractivity contribution >= 4 is 17.5 Å². The third-order valence-electron chi connectivity index (χ3n) is 5.03. The third kappa shape index (κ3) is 5.09. The molecule has 2 heterocycles. The fourth-order valence-electron chi connectivity index (χ4n) is 3.50. The summed E-state index contributed by atoms with van der Waals surface area (Å²) >= 11 is 6.26. The first-order valence-corrected chi connectivity index (χ1v) is 9.92. The second kappa shape index (κ2) is 9.35. The largest absolute Gasteiger partial charge is 0.352 e. The Balaban J connectivity index is 1.56. The van der Waals surface area contributed by atoms with E-state index in [0.29, 0.717) is 23.7 Å². The fourth-order valence-corrected chi connectivity index (χ4v) is 3.69. The van der Waals surface area contributed by atoms with Crippen molar-refractivity contribution in [3.05, 3.63) is 51.8 Å². The second-order valence-corrected chi connectivity index (χ2v) is 7.40. The molecule has 0 radical (unpaired) electrons. The van der Waals surface area contributed by atoms with Crippen molar-refractivity contribution in [1.29, 1.82) is 0 Å². The van der Waals surface area contributed by atoms with E-state index >= 15 is 0 Å². The molecule has 1 amide bonds. The van der Waals surface area contributed by atoms with Crippen LogP contribution in [0.25, 0.3) is 0 Å². The van der Waals surface area contributed by atoms with Crippen LogP contribution >= 0.6 is 11.6 Å². The first-order valence-electron chi connectivity index (χ1n) is 9.55. The monoisotopic (exact) mass is 389 g/mol. The second-order valence-electron chi connectivity index (χ2n) is 7.00. The zero-order valence-corrected chi connectivity index (χ0v) is 16.9. The standard InChI is InChI=1S/C20H28ClN5O/c1-15-19(20(27)23-8-5-11-25-12-9-22-10-13-25)16(2)26(24-15)14-17-6-3-4-7-18(17)21/h3-4,6-7,22H,5,8-14H2,1-2H3,(H,23,27). The molecular weight excluding hydrogens is 362 g/mol. The molecule has 3 rings (SSSR count). The molecule has 7 heteroatoms. The lowest BCUT2D eigenvalue weighted by molar-refractivity contribution is 0.0950. The van der Waals surface area contributed by atoms with E-state index in [9.17, 15) is 4.79 Å². The number of rotatable bonds is 7. The van der Waals surface area contributed by atoms with Crippen LogP contribution < -0.4 is 10.6 Å². The summed E-state index contributed by atoms with van der Waals surface area (Å²) in [7, 11) is 0. The smallest absolute Gasteiger partial charge is 0.255 e. The highest BCUT2D eigenvalue weighted by Gasteiger charge is 2.19. The number of hydrogen-bond acceptors (Lipinski definition) is 4. The Hall–Kier alpha value is -1.89. The Labute approximate surface area is 165 Å². The van der Waals surface area contributed by atoms with Crippen LogP contribution in [0.4, 0.5) is 0 Å². The molecule has 1 aliphatic rings. The SMILES string of the molecule is Cc1nn(Cc2ccccc2Cl)c(C)c1C(=O)NCCCN1CCNCC1. The van der Waals surface area contributed by atoms with E-state index in [4.69, 9.17) is 11.6 Å². The third-order valence-corrected chi connectivity index (χ3v) is 5.40. The lowest BCUT2D eigenvalue weighted by Crippen LogP contribution is -2.44. The molecule has 0 saturated carbocycles. The van der Waals surface area contributed by atoms with Gasteiger partial charge < -0.3 is 15.5 Å². The number of amides is 1. The minimum atomic E-state index is -0.0456. The zero-order valence-electron chi connectivity index (χ0n) is 16.1. The molecule has 1 aromatic heterocycles. The summed E-state index contributed by atoms with van der Waals surface area (Å²) in [6, 6.07) is 7.72. The van der Waals surface area contributed by atoms with Gasteiger partial charge in [0.1, 0.15) is 0 Å². The summed E-state index contributed by atoms with van der Waals surface area (Å²) < 4.78 is 1.85. The highest BCUT2D eigenvalue weighted by Crippen LogP contribution is 2.19. The zero-order chi connectivity index (χ0) is 19.2. The number of benzene rings is 1. The number of hydrogen-bond donors (Lipinski definition) is 2. The highest BCUT2D eigenvalue weighted by atomic mass is 35.5. The van der Waals surface area contributed by atoms with Gasteiger partial charge in [0.05, 0.1) is 17.8 Å². The van der Waals surface area contributed by atoms with Crippen molar-refractivity contribution in [2.75, 3.05) is 39.3 Å². The number of carbonyl (C=O) groups excluding carboxylic acids is 1. The van der Waals surface area contributed by atoms with Gasteiger partial charge in [0.25, 0.3) is 5.91 Å². The fraction of sp³-hybridized carbons (Fsp3) is 0.500. The van der Waals surface area contributed by atoms with Gasteiger partial charge in [-0.25, -0.2) is 0 Å². The minimum absolute atomic E-state index is 0.0456. The Morgan fingerprint density at radius 3 is 2.74 bits per heavy atom. The van der Waals surface area contributed by atoms with E-state index in [-0.39, 0.29) is 5.91 Å². The van der Waals surface area contributed by atoms with Crippen molar-refractivity contribution in [3.8, 4) is 0 Å². The Morgan fingerprint density at radius 2 is 2.00 bits per heavy atom. The van der Waals surface area contributed by atoms with Crippen molar-refractivity contribution < 1.29 is 4.79 Å². The van der Waals surface area contributed by atoms with Gasteiger partial charge in [-0.1, -0.05) is 29.8 Å². The number of aryl methyl sites for hydroxylation is 1. The normalized spacial score (nSPS) is 15.1. The van der Waals surface area contributed by atoms with Crippen LogP contribution in [0.15, 0.2) is 24.3 Å². The molecule has 1 saturated heterocycles. The van der Waals surface area contributed by atoms with Gasteiger partial charge in [-0.05, 0) is 38.4 Å². The predicted octanol–water partition coefficient (Wildman–Crippen LogP) is 2.23. The molecule has 146 valence electrons. The molecule has 1 aromatic carbocycles. The molecule has 0 spiro atoms. The molecule has 0 aliphatic carbocycles. The van der Waals surface area contributed by atoms with Crippen LogP contribution in [0.1, 0.15) is 33.7 Å². The van der Waals surface area contributed by atoms with Crippen molar-refractivity contribution in [2.24, 2.45) is 0 Å². The van der Waals surface area contributed by atoms with Crippen LogP contribution in [0.5, 0.6) is 0 Å². The van der Waals surface area contributed by atoms with E-state index in [2.05, 4.69) is 20.6 Å². The van der Waals surface area contributed by atoms with Crippen molar-refractivity contribution in [1.82, 2.24) is 25.3 Å². The molecule has 0 atom stereocenters. The quantitative estimate of drug-likeness (QED) is 0.713. The highest BCUT2D eigenvalue weighted by molar-refractivity contribution is 6.31. The number of carbonyl (C=O) groups is 1. The summed E-state index contributed by atoms with van der Waals surface area (Å²) in [5.41, 5.74) is 3.28. The summed E-state index contributed by atoms with van der Waals surface area (Å²) in [4.78, 5) is 15.1. The van der Waals surface area contributed by atoms with E-state index in [1.807, 2.05) is 42.8 Å². The van der Waals surface area contributed by atoms with E-state index < -0.39 is 0 Å². The lowest BCUT2D eigenvalue weighted by Gasteiger charge is -2.27. The van der Waals surface area contributed by atoms with Crippen molar-refractivity contribution in [2.45, 2.75) is 26.8 Å². The van der Waals surface area contributed by atoms with E-state index in [1.54, 1.807) is 0 Å². The van der Waals surface area contributed by atoms with Crippen LogP contribution in [0.3, 0.4) is 0 Å². The molecule has 0 unspecified atom stereocenters. The molecule has 6 nitrogen and oxygen atoms in total. The minimum Gasteiger partial charge on any atom is -0.352 e. The molecule has 0 bridgehead atoms. The first kappa shape index (κ1) is 19.9. The van der Waals surface area contributed by atoms with Gasteiger partial charge in [0, 0.05) is 43.4 Å². The van der Waals surface area contributed by atoms with Crippen LogP contribution in [-0.4, -0.2) is 59.9 Å². The summed E-state index contributed by atoms with van der Waals surface area (Å²) in [6.45, 7) is 10.3. The Kier molecular flexibility index (Phi) is 6.88. The number of piperazine rings is 1. The van der Waals surface area contributed by atoms with Gasteiger partial charge in [0.15, 0.2) is 0 Å². The van der Waals surface area contributed by atoms with Gasteiger partial charge in [-0.2, -0.15) is 5.10 Å². The van der Waals surface area contributed by atoms with Crippen molar-refractivity contribution in [3.63, 3.8) is 0 Å². The number of aromatic nitrogens is 2. The molecule has 1 fully saturated rings. The summed E-state index contributed by atoms with van der Waals surface area (Å²) in [6.07, 6.45) is 0.956. The summed E-state index contributed by atoms with van der Waals surface area (Å²) in [5, 5.41) is 11.7. The summed E-state index contributed by atoms with van der Waals surface area (Å²) in [5.74, 6) is -0.0456. The molecule has 2 N–H and O–H groups in total. The van der Waals surface area contributed by atoms with Gasteiger partial charge >= 0.3 is 0 Å². The Morgan fingerprint density at radius 1 is 1.26 bits per heavy atom. The van der Waals surface area contributed by atoms with Crippen LogP contribution in [-0.2, 0) is 6.54 Å². The topological polar surface area (TPSA) is 62.2 Å². The van der Waals surface area contributed by atoms with E-state index in [1.165, 1.54) is 0 Å². The first-order chi connectivity index (χ1) is 13.1. The maximum absolute atomic E-state index is 12.7. The van der Waals surface area contributed by atoms with Gasteiger partial charge in [0.2, 0.25) is 0 Å². The van der Waals surface area contributed by atoms with Gasteiger partial charge in [-0.15, -0.1) is 0 Å². The number of nitrogens with zero attached hydrogens (tertiary/aromatic N) is 3. The maximum Gasteiger partial charge on any atom is 0.255 e. The number of nitrogens with one attached hydrogen (secondary N) is 2. The Bertz CT molecular complexity index is 783. The maximum atomic E-state index is 12.7. The lowest BCUT2D eigenvalue weighted by atomic mass is 10.1. The molecule has 27 heavy (non-hydrogen) atoms. The predicted molar refractivity (Wildman–Crippen MR) is 109 cm³/mol. The molecular formula is C20H28ClN5O. The number of halogens is 1.